The lowest BCUT2D eigenvalue weighted by Gasteiger charge is -2.08. The minimum absolute atomic E-state index is 0.202. The summed E-state index contributed by atoms with van der Waals surface area (Å²) in [5.41, 5.74) is 0.370. The number of fused-ring (bicyclic) bond motifs is 2. The van der Waals surface area contributed by atoms with Crippen molar-refractivity contribution in [3.05, 3.63) is 71.0 Å². The van der Waals surface area contributed by atoms with E-state index in [1.54, 1.807) is 19.2 Å². The maximum atomic E-state index is 12.5. The van der Waals surface area contributed by atoms with Crippen LogP contribution in [-0.2, 0) is 6.54 Å². The number of pyridine rings is 1. The van der Waals surface area contributed by atoms with E-state index < -0.39 is 0 Å². The molecule has 0 radical (unpaired) electrons. The number of hydrogen-bond acceptors (Lipinski definition) is 4. The van der Waals surface area contributed by atoms with Gasteiger partial charge in [0.15, 0.2) is 29.7 Å². The standard InChI is InChI=1S/C20H17N3O3/c1-25-17-9-15-16(10-18(17)26-2)21-19(22-20(15)24)12-23-8-7-13-5-3-4-6-14(13)11-23/h3-11H,12H2,1-2H3/p+1. The molecule has 2 heterocycles. The largest absolute Gasteiger partial charge is 0.493 e. The molecule has 130 valence electrons. The lowest BCUT2D eigenvalue weighted by molar-refractivity contribution is -0.688. The van der Waals surface area contributed by atoms with Crippen LogP contribution < -0.4 is 19.6 Å². The zero-order valence-electron chi connectivity index (χ0n) is 14.5. The van der Waals surface area contributed by atoms with Crippen LogP contribution in [0.4, 0.5) is 0 Å². The van der Waals surface area contributed by atoms with Gasteiger partial charge in [0.2, 0.25) is 6.54 Å². The molecule has 0 atom stereocenters. The molecular formula is C20H18N3O3+. The van der Waals surface area contributed by atoms with Gasteiger partial charge in [-0.2, -0.15) is 4.57 Å². The Labute approximate surface area is 149 Å². The van der Waals surface area contributed by atoms with Crippen molar-refractivity contribution < 1.29 is 14.0 Å². The van der Waals surface area contributed by atoms with Crippen molar-refractivity contribution in [3.63, 3.8) is 0 Å². The first-order valence-electron chi connectivity index (χ1n) is 8.20. The van der Waals surface area contributed by atoms with E-state index in [1.165, 1.54) is 12.5 Å². The summed E-state index contributed by atoms with van der Waals surface area (Å²) in [5, 5.41) is 2.76. The van der Waals surface area contributed by atoms with Gasteiger partial charge in [-0.05, 0) is 17.5 Å². The highest BCUT2D eigenvalue weighted by Gasteiger charge is 2.13. The Bertz CT molecular complexity index is 1170. The van der Waals surface area contributed by atoms with Crippen molar-refractivity contribution in [1.82, 2.24) is 9.97 Å². The number of aromatic amines is 1. The van der Waals surface area contributed by atoms with Gasteiger partial charge in [0.25, 0.3) is 5.56 Å². The SMILES string of the molecule is COc1cc2nc(C[n+]3ccc4ccccc4c3)[nH]c(=O)c2cc1OC. The third-order valence-electron chi connectivity index (χ3n) is 4.34. The molecule has 4 aromatic rings. The summed E-state index contributed by atoms with van der Waals surface area (Å²) in [6.45, 7) is 0.463. The highest BCUT2D eigenvalue weighted by atomic mass is 16.5. The van der Waals surface area contributed by atoms with Crippen LogP contribution in [0.3, 0.4) is 0 Å². The molecule has 26 heavy (non-hydrogen) atoms. The molecule has 0 aliphatic heterocycles. The molecule has 0 spiro atoms. The zero-order chi connectivity index (χ0) is 18.1. The fraction of sp³-hybridized carbons (Fsp3) is 0.150. The van der Waals surface area contributed by atoms with E-state index in [4.69, 9.17) is 9.47 Å². The Morgan fingerprint density at radius 1 is 1.04 bits per heavy atom. The first kappa shape index (κ1) is 16.1. The van der Waals surface area contributed by atoms with Crippen LogP contribution in [-0.4, -0.2) is 24.2 Å². The molecule has 0 saturated heterocycles. The van der Waals surface area contributed by atoms with Crippen molar-refractivity contribution in [2.45, 2.75) is 6.54 Å². The van der Waals surface area contributed by atoms with Crippen LogP contribution in [0.15, 0.2) is 59.7 Å². The van der Waals surface area contributed by atoms with Crippen LogP contribution in [0.1, 0.15) is 5.82 Å². The minimum atomic E-state index is -0.202. The smallest absolute Gasteiger partial charge is 0.259 e. The van der Waals surface area contributed by atoms with Gasteiger partial charge in [-0.25, -0.2) is 4.98 Å². The Morgan fingerprint density at radius 3 is 2.54 bits per heavy atom. The van der Waals surface area contributed by atoms with Crippen molar-refractivity contribution in [2.24, 2.45) is 0 Å². The third kappa shape index (κ3) is 2.86. The Balaban J connectivity index is 1.77. The van der Waals surface area contributed by atoms with Gasteiger partial charge in [-0.1, -0.05) is 18.2 Å². The molecule has 4 rings (SSSR count). The summed E-state index contributed by atoms with van der Waals surface area (Å²) < 4.78 is 12.6. The van der Waals surface area contributed by atoms with E-state index in [-0.39, 0.29) is 5.56 Å². The van der Waals surface area contributed by atoms with Crippen molar-refractivity contribution in [2.75, 3.05) is 14.2 Å². The van der Waals surface area contributed by atoms with Crippen LogP contribution in [0.25, 0.3) is 21.7 Å². The summed E-state index contributed by atoms with van der Waals surface area (Å²) in [5.74, 6) is 1.63. The molecule has 6 nitrogen and oxygen atoms in total. The van der Waals surface area contributed by atoms with Crippen LogP contribution >= 0.6 is 0 Å². The number of methoxy groups -OCH3 is 2. The Hall–Kier alpha value is -3.41. The lowest BCUT2D eigenvalue weighted by atomic mass is 10.2. The highest BCUT2D eigenvalue weighted by Crippen LogP contribution is 2.29. The molecule has 2 aromatic heterocycles. The van der Waals surface area contributed by atoms with Crippen LogP contribution in [0, 0.1) is 0 Å². The van der Waals surface area contributed by atoms with Gasteiger partial charge in [0, 0.05) is 17.5 Å². The molecule has 0 bridgehead atoms. The first-order valence-corrected chi connectivity index (χ1v) is 8.20. The van der Waals surface area contributed by atoms with Crippen molar-refractivity contribution in [1.29, 1.82) is 0 Å². The number of nitrogens with zero attached hydrogens (tertiary/aromatic N) is 2. The fourth-order valence-corrected chi connectivity index (χ4v) is 3.04. The van der Waals surface area contributed by atoms with Gasteiger partial charge in [0.05, 0.1) is 25.1 Å². The summed E-state index contributed by atoms with van der Waals surface area (Å²) in [6, 6.07) is 13.5. The fourth-order valence-electron chi connectivity index (χ4n) is 3.04. The molecule has 1 N–H and O–H groups in total. The number of ether oxygens (including phenoxy) is 2. The Kier molecular flexibility index (Phi) is 4.01. The number of aromatic nitrogens is 3. The van der Waals surface area contributed by atoms with E-state index in [0.717, 1.165) is 5.39 Å². The topological polar surface area (TPSA) is 68.1 Å². The predicted octanol–water partition coefficient (Wildman–Crippen LogP) is 2.43. The van der Waals surface area contributed by atoms with Gasteiger partial charge in [-0.3, -0.25) is 4.79 Å². The summed E-state index contributed by atoms with van der Waals surface area (Å²) in [4.78, 5) is 19.9. The van der Waals surface area contributed by atoms with E-state index in [2.05, 4.69) is 22.1 Å². The average molecular weight is 348 g/mol. The maximum absolute atomic E-state index is 12.5. The van der Waals surface area contributed by atoms with Gasteiger partial charge < -0.3 is 14.5 Å². The molecule has 2 aromatic carbocycles. The van der Waals surface area contributed by atoms with Crippen molar-refractivity contribution in [3.8, 4) is 11.5 Å². The maximum Gasteiger partial charge on any atom is 0.259 e. The highest BCUT2D eigenvalue weighted by molar-refractivity contribution is 5.82. The van der Waals surface area contributed by atoms with Gasteiger partial charge >= 0.3 is 0 Å². The molecule has 0 amide bonds. The molecule has 0 saturated carbocycles. The summed E-state index contributed by atoms with van der Waals surface area (Å²) in [7, 11) is 3.10. The average Bonchev–Trinajstić information content (AvgIpc) is 2.67. The summed E-state index contributed by atoms with van der Waals surface area (Å²) >= 11 is 0. The summed E-state index contributed by atoms with van der Waals surface area (Å²) in [6.07, 6.45) is 4.01. The normalized spacial score (nSPS) is 11.0. The van der Waals surface area contributed by atoms with Gasteiger partial charge in [0.1, 0.15) is 0 Å². The van der Waals surface area contributed by atoms with E-state index in [9.17, 15) is 4.79 Å². The van der Waals surface area contributed by atoms with Crippen LogP contribution in [0.5, 0.6) is 11.5 Å². The molecule has 0 unspecified atom stereocenters. The number of hydrogen-bond donors (Lipinski definition) is 1. The third-order valence-corrected chi connectivity index (χ3v) is 4.34. The molecule has 0 fully saturated rings. The second-order valence-corrected chi connectivity index (χ2v) is 5.98. The van der Waals surface area contributed by atoms with E-state index >= 15 is 0 Å². The quantitative estimate of drug-likeness (QED) is 0.575. The number of H-pyrrole nitrogens is 1. The number of nitrogens with one attached hydrogen (secondary N) is 1. The minimum Gasteiger partial charge on any atom is -0.493 e. The molecule has 0 aliphatic carbocycles. The van der Waals surface area contributed by atoms with Gasteiger partial charge in [-0.15, -0.1) is 0 Å². The molecule has 0 aliphatic rings. The lowest BCUT2D eigenvalue weighted by Crippen LogP contribution is -2.35. The van der Waals surface area contributed by atoms with Crippen LogP contribution in [0.2, 0.25) is 0 Å². The van der Waals surface area contributed by atoms with E-state index in [1.807, 2.05) is 35.2 Å². The Morgan fingerprint density at radius 2 is 1.77 bits per heavy atom. The monoisotopic (exact) mass is 348 g/mol. The second-order valence-electron chi connectivity index (χ2n) is 5.98. The second kappa shape index (κ2) is 6.48. The molecule has 6 heteroatoms. The van der Waals surface area contributed by atoms with Crippen molar-refractivity contribution >= 4 is 21.7 Å². The zero-order valence-corrected chi connectivity index (χ0v) is 14.5. The number of rotatable bonds is 4. The predicted molar refractivity (Wildman–Crippen MR) is 98.7 cm³/mol. The molecular weight excluding hydrogens is 330 g/mol. The first-order chi connectivity index (χ1) is 12.7. The van der Waals surface area contributed by atoms with E-state index in [0.29, 0.717) is 34.8 Å². The number of benzene rings is 2.